The van der Waals surface area contributed by atoms with Crippen LogP contribution in [0.4, 0.5) is 4.39 Å². The van der Waals surface area contributed by atoms with Crippen molar-refractivity contribution in [1.29, 1.82) is 0 Å². The van der Waals surface area contributed by atoms with Crippen LogP contribution in [0, 0.1) is 5.82 Å². The number of aliphatic hydroxyl groups excluding tert-OH is 1. The van der Waals surface area contributed by atoms with Crippen molar-refractivity contribution >= 4 is 0 Å². The lowest BCUT2D eigenvalue weighted by Crippen LogP contribution is -2.44. The van der Waals surface area contributed by atoms with Gasteiger partial charge in [0, 0.05) is 26.1 Å². The molecule has 2 unspecified atom stereocenters. The average molecular weight is 285 g/mol. The highest BCUT2D eigenvalue weighted by Crippen LogP contribution is 2.17. The molecule has 3 N–H and O–H groups in total. The summed E-state index contributed by atoms with van der Waals surface area (Å²) in [4.78, 5) is 0. The molecule has 0 bridgehead atoms. The minimum absolute atomic E-state index is 0.0110. The highest BCUT2D eigenvalue weighted by molar-refractivity contribution is 5.23. The lowest BCUT2D eigenvalue weighted by molar-refractivity contribution is 0.0225. The van der Waals surface area contributed by atoms with Gasteiger partial charge >= 0.3 is 0 Å². The summed E-state index contributed by atoms with van der Waals surface area (Å²) in [6.45, 7) is 1.46. The van der Waals surface area contributed by atoms with Crippen molar-refractivity contribution in [3.8, 4) is 5.75 Å². The average Bonchev–Trinajstić information content (AvgIpc) is 2.85. The highest BCUT2D eigenvalue weighted by Gasteiger charge is 2.31. The Morgan fingerprint density at radius 1 is 1.45 bits per heavy atom. The molecule has 20 heavy (non-hydrogen) atoms. The van der Waals surface area contributed by atoms with Gasteiger partial charge in [-0.2, -0.15) is 0 Å². The number of para-hydroxylation sites is 1. The molecule has 1 aromatic rings. The van der Waals surface area contributed by atoms with Crippen molar-refractivity contribution in [2.75, 3.05) is 32.9 Å². The Labute approximate surface area is 117 Å². The number of nitrogens with one attached hydrogen (secondary N) is 1. The summed E-state index contributed by atoms with van der Waals surface area (Å²) < 4.78 is 23.6. The minimum atomic E-state index is -0.855. The van der Waals surface area contributed by atoms with Gasteiger partial charge in [0.2, 0.25) is 0 Å². The van der Waals surface area contributed by atoms with Gasteiger partial charge in [-0.1, -0.05) is 12.1 Å². The molecular weight excluding hydrogens is 265 g/mol. The fourth-order valence-electron chi connectivity index (χ4n) is 2.01. The smallest absolute Gasteiger partial charge is 0.165 e. The summed E-state index contributed by atoms with van der Waals surface area (Å²) in [5.74, 6) is -0.334. The normalized spacial score (nSPS) is 23.8. The van der Waals surface area contributed by atoms with E-state index in [9.17, 15) is 14.6 Å². The topological polar surface area (TPSA) is 71.0 Å². The van der Waals surface area contributed by atoms with Crippen LogP contribution < -0.4 is 10.1 Å². The summed E-state index contributed by atoms with van der Waals surface area (Å²) >= 11 is 0. The first-order valence-corrected chi connectivity index (χ1v) is 6.65. The van der Waals surface area contributed by atoms with Crippen molar-refractivity contribution in [2.24, 2.45) is 0 Å². The Morgan fingerprint density at radius 2 is 2.25 bits per heavy atom. The Hall–Kier alpha value is -1.21. The number of benzene rings is 1. The molecule has 1 heterocycles. The van der Waals surface area contributed by atoms with Gasteiger partial charge in [-0.05, 0) is 12.1 Å². The van der Waals surface area contributed by atoms with Crippen LogP contribution in [0.2, 0.25) is 0 Å². The van der Waals surface area contributed by atoms with E-state index >= 15 is 0 Å². The van der Waals surface area contributed by atoms with Crippen LogP contribution in [-0.2, 0) is 4.74 Å². The molecule has 1 aliphatic heterocycles. The molecule has 2 rings (SSSR count). The fourth-order valence-corrected chi connectivity index (χ4v) is 2.01. The Bertz CT molecular complexity index is 423. The maximum Gasteiger partial charge on any atom is 0.165 e. The summed E-state index contributed by atoms with van der Waals surface area (Å²) in [7, 11) is 0. The first kappa shape index (κ1) is 15.2. The van der Waals surface area contributed by atoms with E-state index in [0.29, 0.717) is 26.2 Å². The molecule has 0 saturated carbocycles. The van der Waals surface area contributed by atoms with Crippen LogP contribution in [0.25, 0.3) is 0 Å². The second-order valence-corrected chi connectivity index (χ2v) is 5.05. The fraction of sp³-hybridized carbons (Fsp3) is 0.571. The van der Waals surface area contributed by atoms with Crippen LogP contribution >= 0.6 is 0 Å². The largest absolute Gasteiger partial charge is 0.488 e. The Kier molecular flexibility index (Phi) is 5.31. The molecule has 0 amide bonds. The number of ether oxygens (including phenoxy) is 2. The van der Waals surface area contributed by atoms with Crippen molar-refractivity contribution in [1.82, 2.24) is 5.32 Å². The molecule has 0 spiro atoms. The minimum Gasteiger partial charge on any atom is -0.488 e. The molecule has 1 saturated heterocycles. The van der Waals surface area contributed by atoms with Crippen LogP contribution in [0.15, 0.2) is 24.3 Å². The third-order valence-corrected chi connectivity index (χ3v) is 3.18. The quantitative estimate of drug-likeness (QED) is 0.672. The molecule has 5 nitrogen and oxygen atoms in total. The zero-order valence-corrected chi connectivity index (χ0v) is 11.2. The van der Waals surface area contributed by atoms with E-state index < -0.39 is 17.5 Å². The molecule has 1 fully saturated rings. The molecule has 6 heteroatoms. The Morgan fingerprint density at radius 3 is 2.95 bits per heavy atom. The third-order valence-electron chi connectivity index (χ3n) is 3.18. The maximum atomic E-state index is 13.3. The number of aliphatic hydroxyl groups is 2. The summed E-state index contributed by atoms with van der Waals surface area (Å²) in [6.07, 6.45) is -0.192. The van der Waals surface area contributed by atoms with Gasteiger partial charge in [-0.15, -0.1) is 0 Å². The van der Waals surface area contributed by atoms with Gasteiger partial charge in [0.05, 0.1) is 6.61 Å². The van der Waals surface area contributed by atoms with E-state index in [1.807, 2.05) is 0 Å². The molecule has 112 valence electrons. The molecular formula is C14H20FNO4. The third kappa shape index (κ3) is 4.42. The number of halogens is 1. The number of rotatable bonds is 7. The van der Waals surface area contributed by atoms with Gasteiger partial charge in [-0.25, -0.2) is 4.39 Å². The SMILES string of the molecule is OC(CNCC1(O)CCOC1)COc1ccccc1F. The van der Waals surface area contributed by atoms with Crippen molar-refractivity contribution < 1.29 is 24.1 Å². The monoisotopic (exact) mass is 285 g/mol. The first-order valence-electron chi connectivity index (χ1n) is 6.65. The molecule has 1 aliphatic rings. The van der Waals surface area contributed by atoms with E-state index in [2.05, 4.69) is 5.32 Å². The van der Waals surface area contributed by atoms with Crippen LogP contribution in [-0.4, -0.2) is 54.8 Å². The van der Waals surface area contributed by atoms with E-state index in [0.717, 1.165) is 0 Å². The number of hydrogen-bond donors (Lipinski definition) is 3. The van der Waals surface area contributed by atoms with Crippen molar-refractivity contribution in [3.05, 3.63) is 30.1 Å². The van der Waals surface area contributed by atoms with Gasteiger partial charge in [0.15, 0.2) is 11.6 Å². The van der Waals surface area contributed by atoms with Crippen LogP contribution in [0.5, 0.6) is 5.75 Å². The second-order valence-electron chi connectivity index (χ2n) is 5.05. The molecule has 0 radical (unpaired) electrons. The van der Waals surface area contributed by atoms with Crippen LogP contribution in [0.1, 0.15) is 6.42 Å². The lowest BCUT2D eigenvalue weighted by atomic mass is 10.0. The van der Waals surface area contributed by atoms with Gasteiger partial charge < -0.3 is 25.0 Å². The van der Waals surface area contributed by atoms with E-state index in [-0.39, 0.29) is 18.9 Å². The van der Waals surface area contributed by atoms with Gasteiger partial charge in [-0.3, -0.25) is 0 Å². The molecule has 1 aromatic carbocycles. The predicted octanol–water partition coefficient (Wildman–Crippen LogP) is 0.306. The molecule has 2 atom stereocenters. The van der Waals surface area contributed by atoms with Gasteiger partial charge in [0.25, 0.3) is 0 Å². The van der Waals surface area contributed by atoms with Gasteiger partial charge in [0.1, 0.15) is 18.3 Å². The lowest BCUT2D eigenvalue weighted by Gasteiger charge is -2.22. The second kappa shape index (κ2) is 6.99. The number of hydrogen-bond acceptors (Lipinski definition) is 5. The van der Waals surface area contributed by atoms with Crippen molar-refractivity contribution in [3.63, 3.8) is 0 Å². The zero-order chi connectivity index (χ0) is 14.4. The Balaban J connectivity index is 1.65. The van der Waals surface area contributed by atoms with E-state index in [4.69, 9.17) is 9.47 Å². The van der Waals surface area contributed by atoms with E-state index in [1.54, 1.807) is 12.1 Å². The summed E-state index contributed by atoms with van der Waals surface area (Å²) in [6, 6.07) is 6.05. The molecule has 0 aliphatic carbocycles. The van der Waals surface area contributed by atoms with E-state index in [1.165, 1.54) is 12.1 Å². The zero-order valence-electron chi connectivity index (χ0n) is 11.2. The summed E-state index contributed by atoms with van der Waals surface area (Å²) in [5, 5.41) is 22.7. The predicted molar refractivity (Wildman–Crippen MR) is 71.2 cm³/mol. The first-order chi connectivity index (χ1) is 9.59. The maximum absolute atomic E-state index is 13.3. The highest BCUT2D eigenvalue weighted by atomic mass is 19.1. The standard InChI is InChI=1S/C14H20FNO4/c15-12-3-1-2-4-13(12)20-8-11(17)7-16-9-14(18)5-6-19-10-14/h1-4,11,16-18H,5-10H2. The summed E-state index contributed by atoms with van der Waals surface area (Å²) in [5.41, 5.74) is -0.855. The molecule has 0 aromatic heterocycles. The van der Waals surface area contributed by atoms with Crippen LogP contribution in [0.3, 0.4) is 0 Å². The van der Waals surface area contributed by atoms with Crippen molar-refractivity contribution in [2.45, 2.75) is 18.1 Å².